The van der Waals surface area contributed by atoms with E-state index < -0.39 is 6.10 Å². The van der Waals surface area contributed by atoms with Crippen LogP contribution in [0.3, 0.4) is 0 Å². The zero-order valence-corrected chi connectivity index (χ0v) is 12.4. The van der Waals surface area contributed by atoms with Crippen LogP contribution < -0.4 is 4.74 Å². The molecule has 0 aliphatic carbocycles. The molecule has 1 fully saturated rings. The number of likely N-dealkylation sites (tertiary alicyclic amines) is 1. The van der Waals surface area contributed by atoms with Crippen molar-refractivity contribution in [3.8, 4) is 5.75 Å². The summed E-state index contributed by atoms with van der Waals surface area (Å²) in [6.45, 7) is 3.26. The smallest absolute Gasteiger partial charge is 0.128 e. The minimum absolute atomic E-state index is 0.348. The van der Waals surface area contributed by atoms with Gasteiger partial charge in [-0.3, -0.25) is 0 Å². The lowest BCUT2D eigenvalue weighted by molar-refractivity contribution is 0.0699. The molecule has 114 valence electrons. The van der Waals surface area contributed by atoms with Crippen LogP contribution in [-0.2, 0) is 0 Å². The first kappa shape index (κ1) is 14.4. The number of nitrogens with zero attached hydrogens (tertiary/aromatic N) is 1. The summed E-state index contributed by atoms with van der Waals surface area (Å²) in [5.41, 5.74) is 1.06. The van der Waals surface area contributed by atoms with E-state index in [4.69, 9.17) is 4.74 Å². The zero-order chi connectivity index (χ0) is 14.5. The molecule has 2 heterocycles. The maximum Gasteiger partial charge on any atom is 0.128 e. The maximum absolute atomic E-state index is 10.2. The lowest BCUT2D eigenvalue weighted by atomic mass is 10.2. The number of aromatic nitrogens is 1. The molecule has 1 aromatic heterocycles. The third-order valence-corrected chi connectivity index (χ3v) is 4.15. The van der Waals surface area contributed by atoms with Gasteiger partial charge in [-0.05, 0) is 44.1 Å². The van der Waals surface area contributed by atoms with Crippen LogP contribution in [0.1, 0.15) is 25.7 Å². The number of aliphatic hydroxyl groups excluding tert-OH is 1. The number of fused-ring (bicyclic) bond motifs is 1. The fraction of sp³-hybridized carbons (Fsp3) is 0.529. The normalized spacial score (nSPS) is 18.5. The number of hydrogen-bond acceptors (Lipinski definition) is 3. The van der Waals surface area contributed by atoms with Crippen molar-refractivity contribution >= 4 is 10.9 Å². The minimum Gasteiger partial charge on any atom is -0.490 e. The molecule has 1 aliphatic rings. The number of H-pyrrole nitrogens is 1. The second-order valence-corrected chi connectivity index (χ2v) is 5.87. The van der Waals surface area contributed by atoms with Crippen molar-refractivity contribution in [2.75, 3.05) is 26.2 Å². The molecule has 1 aromatic carbocycles. The van der Waals surface area contributed by atoms with Gasteiger partial charge >= 0.3 is 0 Å². The summed E-state index contributed by atoms with van der Waals surface area (Å²) < 4.78 is 5.82. The van der Waals surface area contributed by atoms with Gasteiger partial charge in [0.25, 0.3) is 0 Å². The zero-order valence-electron chi connectivity index (χ0n) is 12.4. The van der Waals surface area contributed by atoms with Crippen LogP contribution in [0.25, 0.3) is 10.9 Å². The van der Waals surface area contributed by atoms with Gasteiger partial charge in [0.05, 0.1) is 0 Å². The largest absolute Gasteiger partial charge is 0.490 e. The van der Waals surface area contributed by atoms with Gasteiger partial charge in [-0.25, -0.2) is 0 Å². The van der Waals surface area contributed by atoms with E-state index in [-0.39, 0.29) is 0 Å². The van der Waals surface area contributed by atoms with E-state index in [1.807, 2.05) is 30.5 Å². The van der Waals surface area contributed by atoms with Crippen molar-refractivity contribution in [2.45, 2.75) is 31.8 Å². The third-order valence-electron chi connectivity index (χ3n) is 4.15. The monoisotopic (exact) mass is 288 g/mol. The summed E-state index contributed by atoms with van der Waals surface area (Å²) >= 11 is 0. The van der Waals surface area contributed by atoms with Gasteiger partial charge < -0.3 is 19.7 Å². The molecule has 4 heteroatoms. The predicted molar refractivity (Wildman–Crippen MR) is 84.7 cm³/mol. The number of benzene rings is 1. The Labute approximate surface area is 125 Å². The van der Waals surface area contributed by atoms with E-state index in [0.717, 1.165) is 29.7 Å². The minimum atomic E-state index is -0.433. The molecule has 1 aliphatic heterocycles. The van der Waals surface area contributed by atoms with E-state index in [2.05, 4.69) is 9.88 Å². The highest BCUT2D eigenvalue weighted by molar-refractivity contribution is 5.85. The lowest BCUT2D eigenvalue weighted by Crippen LogP contribution is -2.36. The quantitative estimate of drug-likeness (QED) is 0.889. The molecular weight excluding hydrogens is 264 g/mol. The number of nitrogens with one attached hydrogen (secondary N) is 1. The molecule has 3 rings (SSSR count). The Balaban J connectivity index is 1.53. The van der Waals surface area contributed by atoms with Gasteiger partial charge in [0.15, 0.2) is 0 Å². The fourth-order valence-corrected chi connectivity index (χ4v) is 3.04. The van der Waals surface area contributed by atoms with E-state index >= 15 is 0 Å². The number of aromatic amines is 1. The molecule has 0 amide bonds. The molecule has 2 N–H and O–H groups in total. The fourth-order valence-electron chi connectivity index (χ4n) is 3.04. The number of hydrogen-bond donors (Lipinski definition) is 2. The highest BCUT2D eigenvalue weighted by atomic mass is 16.5. The van der Waals surface area contributed by atoms with Gasteiger partial charge in [-0.15, -0.1) is 0 Å². The first-order chi connectivity index (χ1) is 10.3. The first-order valence-corrected chi connectivity index (χ1v) is 7.92. The summed E-state index contributed by atoms with van der Waals surface area (Å²) in [5, 5.41) is 11.3. The Kier molecular flexibility index (Phi) is 4.78. The third kappa shape index (κ3) is 3.77. The van der Waals surface area contributed by atoms with Crippen molar-refractivity contribution in [1.82, 2.24) is 9.88 Å². The van der Waals surface area contributed by atoms with Crippen molar-refractivity contribution in [3.63, 3.8) is 0 Å². The summed E-state index contributed by atoms with van der Waals surface area (Å²) in [6.07, 6.45) is 6.60. The first-order valence-electron chi connectivity index (χ1n) is 7.92. The second kappa shape index (κ2) is 6.96. The Morgan fingerprint density at radius 2 is 1.95 bits per heavy atom. The highest BCUT2D eigenvalue weighted by Crippen LogP contribution is 2.24. The average Bonchev–Trinajstić information content (AvgIpc) is 2.83. The van der Waals surface area contributed by atoms with Crippen molar-refractivity contribution in [1.29, 1.82) is 0 Å². The highest BCUT2D eigenvalue weighted by Gasteiger charge is 2.14. The number of rotatable bonds is 5. The summed E-state index contributed by atoms with van der Waals surface area (Å²) in [5.74, 6) is 0.837. The van der Waals surface area contributed by atoms with Crippen LogP contribution in [-0.4, -0.2) is 47.3 Å². The van der Waals surface area contributed by atoms with Crippen LogP contribution in [0.4, 0.5) is 0 Å². The Morgan fingerprint density at radius 1 is 1.14 bits per heavy atom. The maximum atomic E-state index is 10.2. The SMILES string of the molecule is OC(COc1cccc2[nH]ccc12)CN1CCCCCC1. The van der Waals surface area contributed by atoms with Gasteiger partial charge in [-0.1, -0.05) is 18.9 Å². The summed E-state index contributed by atoms with van der Waals surface area (Å²) in [7, 11) is 0. The Hall–Kier alpha value is -1.52. The van der Waals surface area contributed by atoms with Crippen LogP contribution >= 0.6 is 0 Å². The van der Waals surface area contributed by atoms with Gasteiger partial charge in [0, 0.05) is 23.6 Å². The molecular formula is C17H24N2O2. The van der Waals surface area contributed by atoms with Crippen molar-refractivity contribution in [3.05, 3.63) is 30.5 Å². The Bertz CT molecular complexity index is 559. The van der Waals surface area contributed by atoms with Crippen molar-refractivity contribution in [2.24, 2.45) is 0 Å². The van der Waals surface area contributed by atoms with Crippen LogP contribution in [0.15, 0.2) is 30.5 Å². The average molecular weight is 288 g/mol. The Morgan fingerprint density at radius 3 is 2.76 bits per heavy atom. The standard InChI is InChI=1S/C17H24N2O2/c20-14(12-19-10-3-1-2-4-11-19)13-21-17-7-5-6-16-15(17)8-9-18-16/h5-9,14,18,20H,1-4,10-13H2. The van der Waals surface area contributed by atoms with Gasteiger partial charge in [0.2, 0.25) is 0 Å². The number of ether oxygens (including phenoxy) is 1. The molecule has 4 nitrogen and oxygen atoms in total. The van der Waals surface area contributed by atoms with E-state index in [1.54, 1.807) is 0 Å². The molecule has 0 bridgehead atoms. The molecule has 0 radical (unpaired) electrons. The molecule has 1 atom stereocenters. The number of β-amino-alcohol motifs (C(OH)–C–C–N with tert-alkyl or cyclic N) is 1. The summed E-state index contributed by atoms with van der Waals surface area (Å²) in [4.78, 5) is 5.53. The number of aliphatic hydroxyl groups is 1. The topological polar surface area (TPSA) is 48.5 Å². The molecule has 1 saturated heterocycles. The molecule has 21 heavy (non-hydrogen) atoms. The van der Waals surface area contributed by atoms with Crippen LogP contribution in [0.5, 0.6) is 5.75 Å². The van der Waals surface area contributed by atoms with Crippen molar-refractivity contribution < 1.29 is 9.84 Å². The molecule has 1 unspecified atom stereocenters. The van der Waals surface area contributed by atoms with E-state index in [1.165, 1.54) is 25.7 Å². The predicted octanol–water partition coefficient (Wildman–Crippen LogP) is 2.78. The second-order valence-electron chi connectivity index (χ2n) is 5.87. The molecule has 2 aromatic rings. The van der Waals surface area contributed by atoms with E-state index in [0.29, 0.717) is 13.2 Å². The van der Waals surface area contributed by atoms with Crippen LogP contribution in [0, 0.1) is 0 Å². The van der Waals surface area contributed by atoms with Gasteiger partial charge in [-0.2, -0.15) is 0 Å². The van der Waals surface area contributed by atoms with Gasteiger partial charge in [0.1, 0.15) is 18.5 Å². The lowest BCUT2D eigenvalue weighted by Gasteiger charge is -2.23. The van der Waals surface area contributed by atoms with Crippen LogP contribution in [0.2, 0.25) is 0 Å². The molecule has 0 spiro atoms. The van der Waals surface area contributed by atoms with E-state index in [9.17, 15) is 5.11 Å². The summed E-state index contributed by atoms with van der Waals surface area (Å²) in [6, 6.07) is 7.95. The molecule has 0 saturated carbocycles.